The van der Waals surface area contributed by atoms with Gasteiger partial charge < -0.3 is 5.11 Å². The number of rotatable bonds is 7. The van der Waals surface area contributed by atoms with Gasteiger partial charge in [0.2, 0.25) is 20.0 Å². The van der Waals surface area contributed by atoms with E-state index in [2.05, 4.69) is 4.72 Å². The van der Waals surface area contributed by atoms with Crippen LogP contribution in [0.5, 0.6) is 0 Å². The van der Waals surface area contributed by atoms with E-state index >= 15 is 0 Å². The monoisotopic (exact) mass is 364 g/mol. The summed E-state index contributed by atoms with van der Waals surface area (Å²) in [6, 6.07) is 3.45. The van der Waals surface area contributed by atoms with E-state index in [4.69, 9.17) is 5.11 Å². The fourth-order valence-electron chi connectivity index (χ4n) is 1.72. The van der Waals surface area contributed by atoms with Gasteiger partial charge in [0.25, 0.3) is 0 Å². The zero-order valence-corrected chi connectivity index (χ0v) is 14.8. The van der Waals surface area contributed by atoms with Crippen LogP contribution < -0.4 is 4.72 Å². The highest BCUT2D eigenvalue weighted by molar-refractivity contribution is 7.90. The highest BCUT2D eigenvalue weighted by Gasteiger charge is 2.29. The summed E-state index contributed by atoms with van der Waals surface area (Å²) in [5.41, 5.74) is 0. The van der Waals surface area contributed by atoms with Crippen LogP contribution in [0.1, 0.15) is 13.8 Å². The van der Waals surface area contributed by atoms with E-state index in [0.717, 1.165) is 10.4 Å². The minimum Gasteiger partial charge on any atom is -0.480 e. The molecule has 0 amide bonds. The molecular formula is C13H20N2O6S2. The van der Waals surface area contributed by atoms with E-state index in [-0.39, 0.29) is 9.79 Å². The first-order valence-corrected chi connectivity index (χ1v) is 9.59. The summed E-state index contributed by atoms with van der Waals surface area (Å²) < 4.78 is 51.8. The van der Waals surface area contributed by atoms with Crippen LogP contribution in [0, 0.1) is 5.92 Å². The average molecular weight is 364 g/mol. The maximum atomic E-state index is 12.3. The predicted octanol–water partition coefficient (Wildman–Crippen LogP) is 0.324. The van der Waals surface area contributed by atoms with Gasteiger partial charge in [-0.05, 0) is 24.1 Å². The largest absolute Gasteiger partial charge is 0.480 e. The van der Waals surface area contributed by atoms with E-state index < -0.39 is 38.0 Å². The van der Waals surface area contributed by atoms with Crippen LogP contribution in [0.3, 0.4) is 0 Å². The molecule has 23 heavy (non-hydrogen) atoms. The van der Waals surface area contributed by atoms with Crippen LogP contribution in [0.2, 0.25) is 0 Å². The fourth-order valence-corrected chi connectivity index (χ4v) is 4.13. The Hall–Kier alpha value is -1.49. The molecule has 0 aliphatic carbocycles. The van der Waals surface area contributed by atoms with E-state index in [1.165, 1.54) is 32.3 Å². The van der Waals surface area contributed by atoms with Crippen LogP contribution in [-0.4, -0.2) is 52.4 Å². The topological polar surface area (TPSA) is 121 Å². The Morgan fingerprint density at radius 2 is 1.65 bits per heavy atom. The molecule has 0 unspecified atom stereocenters. The number of nitrogens with zero attached hydrogens (tertiary/aromatic N) is 1. The molecule has 1 rings (SSSR count). The molecule has 0 heterocycles. The second-order valence-corrected chi connectivity index (χ2v) is 9.31. The molecule has 0 fully saturated rings. The zero-order chi connectivity index (χ0) is 18.0. The molecule has 1 aromatic carbocycles. The van der Waals surface area contributed by atoms with E-state index in [9.17, 15) is 21.6 Å². The van der Waals surface area contributed by atoms with Crippen molar-refractivity contribution < 1.29 is 26.7 Å². The van der Waals surface area contributed by atoms with Crippen molar-refractivity contribution in [2.45, 2.75) is 29.7 Å². The Kier molecular flexibility index (Phi) is 5.91. The number of hydrogen-bond donors (Lipinski definition) is 2. The molecule has 0 spiro atoms. The normalized spacial score (nSPS) is 14.2. The number of carboxylic acids is 1. The van der Waals surface area contributed by atoms with E-state index in [1.54, 1.807) is 13.8 Å². The molecule has 8 nitrogen and oxygen atoms in total. The summed E-state index contributed by atoms with van der Waals surface area (Å²) >= 11 is 0. The van der Waals surface area contributed by atoms with Crippen molar-refractivity contribution in [3.05, 3.63) is 24.3 Å². The van der Waals surface area contributed by atoms with Crippen LogP contribution in [-0.2, 0) is 24.8 Å². The zero-order valence-electron chi connectivity index (χ0n) is 13.2. The van der Waals surface area contributed by atoms with E-state index in [0.29, 0.717) is 0 Å². The first kappa shape index (κ1) is 19.6. The second kappa shape index (κ2) is 6.95. The summed E-state index contributed by atoms with van der Waals surface area (Å²) in [5, 5.41) is 9.08. The van der Waals surface area contributed by atoms with Gasteiger partial charge in [0, 0.05) is 14.1 Å². The maximum absolute atomic E-state index is 12.3. The molecule has 10 heteroatoms. The van der Waals surface area contributed by atoms with Gasteiger partial charge in [0.1, 0.15) is 6.04 Å². The Morgan fingerprint density at radius 3 is 2.09 bits per heavy atom. The maximum Gasteiger partial charge on any atom is 0.322 e. The number of aliphatic carboxylic acids is 1. The quantitative estimate of drug-likeness (QED) is 0.719. The Balaban J connectivity index is 3.28. The summed E-state index contributed by atoms with van der Waals surface area (Å²) in [5.74, 6) is -1.78. The Labute approximate surface area is 136 Å². The van der Waals surface area contributed by atoms with E-state index in [1.807, 2.05) is 0 Å². The van der Waals surface area contributed by atoms with Crippen LogP contribution >= 0.6 is 0 Å². The smallest absolute Gasteiger partial charge is 0.322 e. The van der Waals surface area contributed by atoms with Gasteiger partial charge >= 0.3 is 5.97 Å². The third kappa shape index (κ3) is 4.50. The van der Waals surface area contributed by atoms with Gasteiger partial charge in [-0.15, -0.1) is 0 Å². The van der Waals surface area contributed by atoms with Gasteiger partial charge in [-0.1, -0.05) is 19.9 Å². The van der Waals surface area contributed by atoms with Crippen molar-refractivity contribution in [1.29, 1.82) is 0 Å². The fraction of sp³-hybridized carbons (Fsp3) is 0.462. The van der Waals surface area contributed by atoms with Crippen molar-refractivity contribution in [2.24, 2.45) is 5.92 Å². The SMILES string of the molecule is CC(C)[C@H](NS(=O)(=O)c1cccc(S(=O)(=O)N(C)C)c1)C(=O)O. The third-order valence-electron chi connectivity index (χ3n) is 3.11. The number of carbonyl (C=O) groups is 1. The number of carboxylic acid groups (broad SMARTS) is 1. The lowest BCUT2D eigenvalue weighted by Crippen LogP contribution is -2.44. The minimum atomic E-state index is -4.17. The van der Waals surface area contributed by atoms with Crippen molar-refractivity contribution in [3.63, 3.8) is 0 Å². The van der Waals surface area contributed by atoms with Gasteiger partial charge in [-0.25, -0.2) is 21.1 Å². The number of benzene rings is 1. The molecule has 130 valence electrons. The molecule has 1 aromatic rings. The molecule has 0 aliphatic heterocycles. The second-order valence-electron chi connectivity index (χ2n) is 5.44. The summed E-state index contributed by atoms with van der Waals surface area (Å²) in [7, 11) is -5.31. The van der Waals surface area contributed by atoms with Gasteiger partial charge in [-0.2, -0.15) is 4.72 Å². The summed E-state index contributed by atoms with van der Waals surface area (Å²) in [4.78, 5) is 10.6. The molecular weight excluding hydrogens is 344 g/mol. The molecule has 1 atom stereocenters. The first-order chi connectivity index (χ1) is 10.4. The highest BCUT2D eigenvalue weighted by atomic mass is 32.2. The first-order valence-electron chi connectivity index (χ1n) is 6.67. The lowest BCUT2D eigenvalue weighted by molar-refractivity contribution is -0.140. The Bertz CT molecular complexity index is 784. The number of nitrogens with one attached hydrogen (secondary N) is 1. The van der Waals surface area contributed by atoms with Crippen molar-refractivity contribution in [1.82, 2.24) is 9.03 Å². The van der Waals surface area contributed by atoms with Crippen molar-refractivity contribution in [2.75, 3.05) is 14.1 Å². The lowest BCUT2D eigenvalue weighted by atomic mass is 10.1. The molecule has 0 saturated heterocycles. The molecule has 0 saturated carbocycles. The predicted molar refractivity (Wildman–Crippen MR) is 83.9 cm³/mol. The lowest BCUT2D eigenvalue weighted by Gasteiger charge is -2.18. The molecule has 0 aromatic heterocycles. The average Bonchev–Trinajstić information content (AvgIpc) is 2.44. The van der Waals surface area contributed by atoms with Crippen LogP contribution in [0.4, 0.5) is 0 Å². The Morgan fingerprint density at radius 1 is 1.13 bits per heavy atom. The molecule has 0 aliphatic rings. The molecule has 0 bridgehead atoms. The van der Waals surface area contributed by atoms with Gasteiger partial charge in [-0.3, -0.25) is 4.79 Å². The third-order valence-corrected chi connectivity index (χ3v) is 6.36. The minimum absolute atomic E-state index is 0.193. The molecule has 0 radical (unpaired) electrons. The van der Waals surface area contributed by atoms with Crippen molar-refractivity contribution >= 4 is 26.0 Å². The van der Waals surface area contributed by atoms with Crippen LogP contribution in [0.15, 0.2) is 34.1 Å². The molecule has 2 N–H and O–H groups in total. The number of hydrogen-bond acceptors (Lipinski definition) is 5. The van der Waals surface area contributed by atoms with Crippen LogP contribution in [0.25, 0.3) is 0 Å². The van der Waals surface area contributed by atoms with Crippen molar-refractivity contribution in [3.8, 4) is 0 Å². The van der Waals surface area contributed by atoms with Gasteiger partial charge in [0.15, 0.2) is 0 Å². The summed E-state index contributed by atoms with van der Waals surface area (Å²) in [6.07, 6.45) is 0. The number of sulfonamides is 2. The standard InChI is InChI=1S/C13H20N2O6S2/c1-9(2)12(13(16)17)14-22(18,19)10-6-5-7-11(8-10)23(20,21)15(3)4/h5-9,12,14H,1-4H3,(H,16,17)/t12-/m0/s1. The summed E-state index contributed by atoms with van der Waals surface area (Å²) in [6.45, 7) is 3.13. The van der Waals surface area contributed by atoms with Gasteiger partial charge in [0.05, 0.1) is 9.79 Å². The highest BCUT2D eigenvalue weighted by Crippen LogP contribution is 2.19.